The Morgan fingerprint density at radius 2 is 1.77 bits per heavy atom. The molecule has 152 valence electrons. The van der Waals surface area contributed by atoms with Crippen LogP contribution in [0.5, 0.6) is 5.75 Å². The van der Waals surface area contributed by atoms with E-state index in [1.807, 2.05) is 30.3 Å². The maximum Gasteiger partial charge on any atom is 0.322 e. The molecule has 1 aromatic heterocycles. The second kappa shape index (κ2) is 7.87. The van der Waals surface area contributed by atoms with Gasteiger partial charge < -0.3 is 14.6 Å². The lowest BCUT2D eigenvalue weighted by atomic mass is 9.89. The molecule has 3 amide bonds. The fraction of sp³-hybridized carbons (Fsp3) is 0.174. The Kier molecular flexibility index (Phi) is 5.10. The number of nitrogens with zero attached hydrogens (tertiary/aromatic N) is 1. The van der Waals surface area contributed by atoms with E-state index in [1.54, 1.807) is 49.5 Å². The van der Waals surface area contributed by atoms with E-state index < -0.39 is 17.5 Å². The van der Waals surface area contributed by atoms with Crippen molar-refractivity contribution < 1.29 is 14.3 Å². The van der Waals surface area contributed by atoms with Gasteiger partial charge in [-0.1, -0.05) is 48.5 Å². The molecule has 1 aliphatic rings. The van der Waals surface area contributed by atoms with Gasteiger partial charge in [-0.2, -0.15) is 0 Å². The summed E-state index contributed by atoms with van der Waals surface area (Å²) in [4.78, 5) is 37.4. The fourth-order valence-corrected chi connectivity index (χ4v) is 3.53. The number of rotatable bonds is 6. The van der Waals surface area contributed by atoms with E-state index in [4.69, 9.17) is 4.74 Å². The monoisotopic (exact) mass is 403 g/mol. The lowest BCUT2D eigenvalue weighted by Gasteiger charge is -2.28. The van der Waals surface area contributed by atoms with Gasteiger partial charge in [0.1, 0.15) is 12.4 Å². The number of hydrogen-bond donors (Lipinski definition) is 2. The van der Waals surface area contributed by atoms with Gasteiger partial charge in [0.15, 0.2) is 5.54 Å². The van der Waals surface area contributed by atoms with Gasteiger partial charge in [0.2, 0.25) is 0 Å². The zero-order valence-corrected chi connectivity index (χ0v) is 16.4. The summed E-state index contributed by atoms with van der Waals surface area (Å²) in [6.07, 6.45) is 1.60. The van der Waals surface area contributed by atoms with E-state index in [1.165, 1.54) is 4.57 Å². The van der Waals surface area contributed by atoms with Gasteiger partial charge >= 0.3 is 6.03 Å². The average Bonchev–Trinajstić information content (AvgIpc) is 3.04. The van der Waals surface area contributed by atoms with E-state index in [0.717, 1.165) is 5.56 Å². The highest BCUT2D eigenvalue weighted by Gasteiger charge is 2.48. The summed E-state index contributed by atoms with van der Waals surface area (Å²) in [7, 11) is 0. The normalized spacial score (nSPS) is 18.0. The SMILES string of the molecule is Cc1cccn(C[C@@]2(c3cccc(OCc4ccccc4)c3)NC(=O)NC2=O)c1=O. The Morgan fingerprint density at radius 3 is 2.50 bits per heavy atom. The largest absolute Gasteiger partial charge is 0.489 e. The summed E-state index contributed by atoms with van der Waals surface area (Å²) in [5.74, 6) is 0.0439. The van der Waals surface area contributed by atoms with Crippen LogP contribution in [0.3, 0.4) is 0 Å². The molecule has 0 unspecified atom stereocenters. The molecule has 4 rings (SSSR count). The minimum atomic E-state index is -1.42. The first-order valence-electron chi connectivity index (χ1n) is 9.55. The smallest absolute Gasteiger partial charge is 0.322 e. The lowest BCUT2D eigenvalue weighted by molar-refractivity contribution is -0.124. The van der Waals surface area contributed by atoms with Crippen LogP contribution in [0.25, 0.3) is 0 Å². The maximum atomic E-state index is 12.8. The maximum absolute atomic E-state index is 12.8. The molecule has 1 fully saturated rings. The third-order valence-corrected chi connectivity index (χ3v) is 5.13. The number of imide groups is 1. The van der Waals surface area contributed by atoms with Crippen LogP contribution in [0.15, 0.2) is 77.7 Å². The molecule has 3 aromatic rings. The van der Waals surface area contributed by atoms with Crippen molar-refractivity contribution in [2.45, 2.75) is 25.6 Å². The molecule has 1 atom stereocenters. The Morgan fingerprint density at radius 1 is 0.967 bits per heavy atom. The molecule has 7 nitrogen and oxygen atoms in total. The second-order valence-electron chi connectivity index (χ2n) is 7.24. The molecule has 2 N–H and O–H groups in total. The zero-order chi connectivity index (χ0) is 21.1. The number of amides is 3. The Hall–Kier alpha value is -3.87. The van der Waals surface area contributed by atoms with Crippen molar-refractivity contribution in [1.29, 1.82) is 0 Å². The van der Waals surface area contributed by atoms with Crippen LogP contribution < -0.4 is 20.9 Å². The van der Waals surface area contributed by atoms with E-state index in [2.05, 4.69) is 10.6 Å². The van der Waals surface area contributed by atoms with Crippen LogP contribution in [0.2, 0.25) is 0 Å². The van der Waals surface area contributed by atoms with Gasteiger partial charge in [0, 0.05) is 11.8 Å². The van der Waals surface area contributed by atoms with Gasteiger partial charge in [-0.25, -0.2) is 4.79 Å². The van der Waals surface area contributed by atoms with Crippen LogP contribution in [-0.2, 0) is 23.5 Å². The van der Waals surface area contributed by atoms with E-state index in [-0.39, 0.29) is 12.1 Å². The summed E-state index contributed by atoms with van der Waals surface area (Å²) >= 11 is 0. The minimum Gasteiger partial charge on any atom is -0.489 e. The second-order valence-corrected chi connectivity index (χ2v) is 7.24. The van der Waals surface area contributed by atoms with Crippen molar-refractivity contribution in [2.24, 2.45) is 0 Å². The number of carbonyl (C=O) groups excluding carboxylic acids is 2. The van der Waals surface area contributed by atoms with Crippen LogP contribution in [0.1, 0.15) is 16.7 Å². The molecule has 0 spiro atoms. The molecule has 0 aliphatic carbocycles. The summed E-state index contributed by atoms with van der Waals surface area (Å²) < 4.78 is 7.31. The highest BCUT2D eigenvalue weighted by molar-refractivity contribution is 6.07. The molecule has 0 bridgehead atoms. The molecule has 1 aliphatic heterocycles. The highest BCUT2D eigenvalue weighted by atomic mass is 16.5. The molecule has 1 saturated heterocycles. The molecular formula is C23H21N3O4. The Bertz CT molecular complexity index is 1160. The third kappa shape index (κ3) is 3.69. The number of carbonyl (C=O) groups is 2. The third-order valence-electron chi connectivity index (χ3n) is 5.13. The van der Waals surface area contributed by atoms with Crippen molar-refractivity contribution in [3.8, 4) is 5.75 Å². The van der Waals surface area contributed by atoms with E-state index in [9.17, 15) is 14.4 Å². The fourth-order valence-electron chi connectivity index (χ4n) is 3.53. The van der Waals surface area contributed by atoms with Gasteiger partial charge in [-0.3, -0.25) is 14.9 Å². The molecule has 30 heavy (non-hydrogen) atoms. The first-order chi connectivity index (χ1) is 14.5. The lowest BCUT2D eigenvalue weighted by Crippen LogP contribution is -2.49. The number of urea groups is 1. The molecular weight excluding hydrogens is 382 g/mol. The van der Waals surface area contributed by atoms with Crippen molar-refractivity contribution in [3.63, 3.8) is 0 Å². The van der Waals surface area contributed by atoms with Crippen LogP contribution in [0.4, 0.5) is 4.79 Å². The molecule has 0 saturated carbocycles. The van der Waals surface area contributed by atoms with Crippen molar-refractivity contribution in [2.75, 3.05) is 0 Å². The number of hydrogen-bond acceptors (Lipinski definition) is 4. The van der Waals surface area contributed by atoms with Crippen LogP contribution in [-0.4, -0.2) is 16.5 Å². The quantitative estimate of drug-likeness (QED) is 0.619. The number of benzene rings is 2. The number of nitrogens with one attached hydrogen (secondary N) is 2. The predicted octanol–water partition coefficient (Wildman–Crippen LogP) is 2.47. The van der Waals surface area contributed by atoms with Gasteiger partial charge in [0.25, 0.3) is 11.5 Å². The summed E-state index contributed by atoms with van der Waals surface area (Å²) in [6.45, 7) is 2.04. The van der Waals surface area contributed by atoms with Crippen molar-refractivity contribution in [1.82, 2.24) is 15.2 Å². The van der Waals surface area contributed by atoms with E-state index >= 15 is 0 Å². The Labute approximate surface area is 173 Å². The van der Waals surface area contributed by atoms with E-state index in [0.29, 0.717) is 23.5 Å². The zero-order valence-electron chi connectivity index (χ0n) is 16.4. The average molecular weight is 403 g/mol. The first-order valence-corrected chi connectivity index (χ1v) is 9.55. The Balaban J connectivity index is 1.68. The first kappa shape index (κ1) is 19.4. The molecule has 0 radical (unpaired) electrons. The standard InChI is InChI=1S/C23H21N3O4/c1-16-7-6-12-26(20(16)27)15-23(21(28)24-22(29)25-23)18-10-5-11-19(13-18)30-14-17-8-3-2-4-9-17/h2-13H,14-15H2,1H3,(H2,24,25,28,29)/t23-/m0/s1. The topological polar surface area (TPSA) is 89.4 Å². The van der Waals surface area contributed by atoms with Gasteiger partial charge in [-0.15, -0.1) is 0 Å². The number of ether oxygens (including phenoxy) is 1. The summed E-state index contributed by atoms with van der Waals surface area (Å²) in [6, 6.07) is 19.6. The van der Waals surface area contributed by atoms with Gasteiger partial charge in [-0.05, 0) is 36.2 Å². The molecule has 2 aromatic carbocycles. The van der Waals surface area contributed by atoms with Gasteiger partial charge in [0.05, 0.1) is 6.54 Å². The predicted molar refractivity (Wildman–Crippen MR) is 111 cm³/mol. The number of aryl methyl sites for hydroxylation is 1. The highest BCUT2D eigenvalue weighted by Crippen LogP contribution is 2.30. The van der Waals surface area contributed by atoms with Crippen LogP contribution >= 0.6 is 0 Å². The molecule has 2 heterocycles. The van der Waals surface area contributed by atoms with Crippen molar-refractivity contribution in [3.05, 3.63) is 100.0 Å². The van der Waals surface area contributed by atoms with Crippen LogP contribution in [0, 0.1) is 6.92 Å². The summed E-state index contributed by atoms with van der Waals surface area (Å²) in [5.41, 5.74) is 0.459. The summed E-state index contributed by atoms with van der Waals surface area (Å²) in [5, 5.41) is 5.01. The minimum absolute atomic E-state index is 0.0345. The number of aromatic nitrogens is 1. The molecule has 7 heteroatoms. The number of pyridine rings is 1. The van der Waals surface area contributed by atoms with Crippen molar-refractivity contribution >= 4 is 11.9 Å².